The topological polar surface area (TPSA) is 62.2 Å². The van der Waals surface area contributed by atoms with Gasteiger partial charge in [-0.1, -0.05) is 12.1 Å². The van der Waals surface area contributed by atoms with Gasteiger partial charge in [-0.05, 0) is 12.1 Å². The molecule has 1 amide bonds. The molecule has 2 N–H and O–H groups in total. The molecular weight excluding hydrogens is 236 g/mol. The number of nitrogens with zero attached hydrogens (tertiary/aromatic N) is 1. The number of carbonyl (C=O) groups is 1. The number of hydrogen-bond acceptors (Lipinski definition) is 4. The van der Waals surface area contributed by atoms with E-state index in [4.69, 9.17) is 0 Å². The first kappa shape index (κ1) is 11.6. The zero-order valence-corrected chi connectivity index (χ0v) is 9.91. The SMILES string of the molecule is O=C(NCCc1nccs1)c1ccccc1O. The van der Waals surface area contributed by atoms with E-state index < -0.39 is 0 Å². The van der Waals surface area contributed by atoms with Gasteiger partial charge >= 0.3 is 0 Å². The van der Waals surface area contributed by atoms with Gasteiger partial charge in [-0.15, -0.1) is 11.3 Å². The van der Waals surface area contributed by atoms with Crippen molar-refractivity contribution in [3.8, 4) is 5.75 Å². The molecule has 2 aromatic rings. The molecule has 0 spiro atoms. The third-order valence-electron chi connectivity index (χ3n) is 2.26. The molecule has 0 unspecified atom stereocenters. The highest BCUT2D eigenvalue weighted by Crippen LogP contribution is 2.14. The minimum absolute atomic E-state index is 0.000696. The van der Waals surface area contributed by atoms with Gasteiger partial charge in [0.25, 0.3) is 5.91 Å². The third kappa shape index (κ3) is 3.04. The molecule has 88 valence electrons. The van der Waals surface area contributed by atoms with Gasteiger partial charge in [0.2, 0.25) is 0 Å². The van der Waals surface area contributed by atoms with Crippen LogP contribution in [0, 0.1) is 0 Å². The molecule has 0 saturated carbocycles. The number of hydrogen-bond donors (Lipinski definition) is 2. The molecule has 5 heteroatoms. The van der Waals surface area contributed by atoms with E-state index in [2.05, 4.69) is 10.3 Å². The van der Waals surface area contributed by atoms with Gasteiger partial charge in [-0.2, -0.15) is 0 Å². The summed E-state index contributed by atoms with van der Waals surface area (Å²) in [6.07, 6.45) is 2.45. The lowest BCUT2D eigenvalue weighted by Crippen LogP contribution is -2.25. The average Bonchev–Trinajstić information content (AvgIpc) is 2.82. The predicted molar refractivity (Wildman–Crippen MR) is 66.3 cm³/mol. The number of aromatic nitrogens is 1. The van der Waals surface area contributed by atoms with Gasteiger partial charge in [0.1, 0.15) is 5.75 Å². The predicted octanol–water partition coefficient (Wildman–Crippen LogP) is 1.82. The van der Waals surface area contributed by atoms with Crippen molar-refractivity contribution in [1.29, 1.82) is 0 Å². The van der Waals surface area contributed by atoms with Gasteiger partial charge in [-0.25, -0.2) is 4.98 Å². The molecule has 17 heavy (non-hydrogen) atoms. The van der Waals surface area contributed by atoms with Crippen molar-refractivity contribution in [3.05, 3.63) is 46.4 Å². The van der Waals surface area contributed by atoms with Crippen LogP contribution in [0.25, 0.3) is 0 Å². The van der Waals surface area contributed by atoms with E-state index in [0.29, 0.717) is 18.5 Å². The Morgan fingerprint density at radius 3 is 2.94 bits per heavy atom. The first-order valence-corrected chi connectivity index (χ1v) is 6.10. The molecule has 0 fully saturated rings. The molecule has 0 bridgehead atoms. The van der Waals surface area contributed by atoms with Crippen LogP contribution >= 0.6 is 11.3 Å². The monoisotopic (exact) mass is 248 g/mol. The quantitative estimate of drug-likeness (QED) is 0.867. The van der Waals surface area contributed by atoms with Crippen LogP contribution in [-0.4, -0.2) is 22.5 Å². The molecule has 0 aliphatic rings. The number of para-hydroxylation sites is 1. The van der Waals surface area contributed by atoms with Crippen molar-refractivity contribution >= 4 is 17.2 Å². The zero-order chi connectivity index (χ0) is 12.1. The number of phenolic OH excluding ortho intramolecular Hbond substituents is 1. The lowest BCUT2D eigenvalue weighted by Gasteiger charge is -2.05. The highest BCUT2D eigenvalue weighted by molar-refractivity contribution is 7.09. The van der Waals surface area contributed by atoms with E-state index in [1.807, 2.05) is 5.38 Å². The fourth-order valence-electron chi connectivity index (χ4n) is 1.42. The lowest BCUT2D eigenvalue weighted by atomic mass is 10.2. The van der Waals surface area contributed by atoms with E-state index in [1.54, 1.807) is 35.7 Å². The molecule has 1 heterocycles. The van der Waals surface area contributed by atoms with E-state index >= 15 is 0 Å². The Morgan fingerprint density at radius 1 is 1.41 bits per heavy atom. The summed E-state index contributed by atoms with van der Waals surface area (Å²) >= 11 is 1.56. The summed E-state index contributed by atoms with van der Waals surface area (Å²) in [5.74, 6) is -0.265. The van der Waals surface area contributed by atoms with Crippen LogP contribution in [0.5, 0.6) is 5.75 Å². The Labute approximate surface area is 103 Å². The number of carbonyl (C=O) groups excluding carboxylic acids is 1. The van der Waals surface area contributed by atoms with Gasteiger partial charge in [0.05, 0.1) is 10.6 Å². The Hall–Kier alpha value is -1.88. The lowest BCUT2D eigenvalue weighted by molar-refractivity contribution is 0.0951. The van der Waals surface area contributed by atoms with Crippen molar-refractivity contribution in [2.75, 3.05) is 6.54 Å². The minimum atomic E-state index is -0.264. The van der Waals surface area contributed by atoms with Crippen LogP contribution in [0.4, 0.5) is 0 Å². The van der Waals surface area contributed by atoms with Crippen LogP contribution in [-0.2, 0) is 6.42 Å². The molecule has 0 saturated heterocycles. The van der Waals surface area contributed by atoms with E-state index in [-0.39, 0.29) is 11.7 Å². The maximum absolute atomic E-state index is 11.7. The summed E-state index contributed by atoms with van der Waals surface area (Å²) < 4.78 is 0. The van der Waals surface area contributed by atoms with Crippen molar-refractivity contribution in [2.24, 2.45) is 0 Å². The standard InChI is InChI=1S/C12H12N2O2S/c15-10-4-2-1-3-9(10)12(16)14-6-5-11-13-7-8-17-11/h1-4,7-8,15H,5-6H2,(H,14,16). The van der Waals surface area contributed by atoms with Crippen LogP contribution in [0.1, 0.15) is 15.4 Å². The maximum Gasteiger partial charge on any atom is 0.255 e. The first-order valence-electron chi connectivity index (χ1n) is 5.22. The number of benzene rings is 1. The highest BCUT2D eigenvalue weighted by Gasteiger charge is 2.09. The number of thiazole rings is 1. The number of amides is 1. The van der Waals surface area contributed by atoms with Crippen molar-refractivity contribution in [1.82, 2.24) is 10.3 Å². The van der Waals surface area contributed by atoms with Gasteiger partial charge in [0.15, 0.2) is 0 Å². The second kappa shape index (κ2) is 5.45. The maximum atomic E-state index is 11.7. The summed E-state index contributed by atoms with van der Waals surface area (Å²) in [6, 6.07) is 6.49. The highest BCUT2D eigenvalue weighted by atomic mass is 32.1. The largest absolute Gasteiger partial charge is 0.507 e. The van der Waals surface area contributed by atoms with E-state index in [9.17, 15) is 9.90 Å². The van der Waals surface area contributed by atoms with Crippen LogP contribution in [0.15, 0.2) is 35.8 Å². The minimum Gasteiger partial charge on any atom is -0.507 e. The normalized spacial score (nSPS) is 10.1. The Kier molecular flexibility index (Phi) is 3.72. The summed E-state index contributed by atoms with van der Waals surface area (Å²) in [6.45, 7) is 0.515. The molecule has 0 radical (unpaired) electrons. The summed E-state index contributed by atoms with van der Waals surface area (Å²) in [4.78, 5) is 15.8. The fourth-order valence-corrected chi connectivity index (χ4v) is 2.04. The molecule has 0 aliphatic carbocycles. The van der Waals surface area contributed by atoms with Crippen LogP contribution in [0.2, 0.25) is 0 Å². The first-order chi connectivity index (χ1) is 8.27. The molecule has 1 aromatic heterocycles. The number of nitrogens with one attached hydrogen (secondary N) is 1. The summed E-state index contributed by atoms with van der Waals surface area (Å²) in [7, 11) is 0. The van der Waals surface area contributed by atoms with Crippen molar-refractivity contribution < 1.29 is 9.90 Å². The summed E-state index contributed by atoms with van der Waals surface area (Å²) in [5.41, 5.74) is 0.298. The van der Waals surface area contributed by atoms with E-state index in [0.717, 1.165) is 5.01 Å². The second-order valence-corrected chi connectivity index (χ2v) is 4.43. The average molecular weight is 248 g/mol. The molecule has 4 nitrogen and oxygen atoms in total. The number of phenols is 1. The third-order valence-corrected chi connectivity index (χ3v) is 3.10. The number of aromatic hydroxyl groups is 1. The van der Waals surface area contributed by atoms with Gasteiger partial charge in [0, 0.05) is 24.5 Å². The fraction of sp³-hybridized carbons (Fsp3) is 0.167. The molecular formula is C12H12N2O2S. The van der Waals surface area contributed by atoms with Crippen LogP contribution in [0.3, 0.4) is 0 Å². The Morgan fingerprint density at radius 2 is 2.24 bits per heavy atom. The Bertz CT molecular complexity index is 497. The van der Waals surface area contributed by atoms with Crippen molar-refractivity contribution in [2.45, 2.75) is 6.42 Å². The molecule has 2 rings (SSSR count). The van der Waals surface area contributed by atoms with Crippen LogP contribution < -0.4 is 5.32 Å². The van der Waals surface area contributed by atoms with Crippen molar-refractivity contribution in [3.63, 3.8) is 0 Å². The number of rotatable bonds is 4. The van der Waals surface area contributed by atoms with Gasteiger partial charge in [-0.3, -0.25) is 4.79 Å². The summed E-state index contributed by atoms with van der Waals surface area (Å²) in [5, 5.41) is 15.1. The second-order valence-electron chi connectivity index (χ2n) is 3.45. The molecule has 0 aliphatic heterocycles. The smallest absolute Gasteiger partial charge is 0.255 e. The van der Waals surface area contributed by atoms with Gasteiger partial charge < -0.3 is 10.4 Å². The van der Waals surface area contributed by atoms with E-state index in [1.165, 1.54) is 6.07 Å². The molecule has 1 aromatic carbocycles. The zero-order valence-electron chi connectivity index (χ0n) is 9.09. The Balaban J connectivity index is 1.88. The molecule has 0 atom stereocenters.